The Kier molecular flexibility index (Phi) is 3.85. The van der Waals surface area contributed by atoms with Gasteiger partial charge in [-0.25, -0.2) is 0 Å². The number of alkyl halides is 1. The topological polar surface area (TPSA) is 9.23 Å². The number of thiophene rings is 1. The molecule has 1 aromatic heterocycles. The highest BCUT2D eigenvalue weighted by molar-refractivity contribution is 9.08. The van der Waals surface area contributed by atoms with Gasteiger partial charge in [-0.05, 0) is 34.5 Å². The van der Waals surface area contributed by atoms with Crippen molar-refractivity contribution in [2.45, 2.75) is 11.9 Å². The Bertz CT molecular complexity index is 690. The molecule has 0 aliphatic carbocycles. The van der Waals surface area contributed by atoms with Crippen LogP contribution in [-0.4, -0.2) is 0 Å². The fourth-order valence-corrected chi connectivity index (χ4v) is 3.32. The predicted molar refractivity (Wildman–Crippen MR) is 85.2 cm³/mol. The summed E-state index contributed by atoms with van der Waals surface area (Å²) in [5.74, 6) is 0.923. The lowest BCUT2D eigenvalue weighted by atomic mass is 10.2. The number of halogens is 1. The molecule has 0 radical (unpaired) electrons. The van der Waals surface area contributed by atoms with Crippen molar-refractivity contribution >= 4 is 37.4 Å². The molecule has 0 saturated carbocycles. The second kappa shape index (κ2) is 5.76. The van der Waals surface area contributed by atoms with Crippen LogP contribution in [0.15, 0.2) is 53.9 Å². The third-order valence-electron chi connectivity index (χ3n) is 3.01. The van der Waals surface area contributed by atoms with Crippen molar-refractivity contribution in [3.05, 3.63) is 65.0 Å². The van der Waals surface area contributed by atoms with Gasteiger partial charge in [-0.2, -0.15) is 0 Å². The first-order valence-corrected chi connectivity index (χ1v) is 8.10. The van der Waals surface area contributed by atoms with Crippen LogP contribution < -0.4 is 4.74 Å². The third-order valence-corrected chi connectivity index (χ3v) is 4.67. The number of rotatable bonds is 4. The Balaban J connectivity index is 1.78. The smallest absolute Gasteiger partial charge is 0.120 e. The molecular formula is C16H13BrOS. The van der Waals surface area contributed by atoms with Crippen LogP contribution in [0.1, 0.15) is 11.1 Å². The number of ether oxygens (including phenoxy) is 1. The lowest BCUT2D eigenvalue weighted by Gasteiger charge is -2.06. The van der Waals surface area contributed by atoms with Crippen molar-refractivity contribution in [2.24, 2.45) is 0 Å². The average Bonchev–Trinajstić information content (AvgIpc) is 2.89. The largest absolute Gasteiger partial charge is 0.489 e. The van der Waals surface area contributed by atoms with Crippen molar-refractivity contribution in [2.75, 3.05) is 0 Å². The van der Waals surface area contributed by atoms with Crippen LogP contribution in [0.2, 0.25) is 0 Å². The van der Waals surface area contributed by atoms with E-state index in [2.05, 4.69) is 57.7 Å². The molecule has 0 spiro atoms. The summed E-state index contributed by atoms with van der Waals surface area (Å²) in [7, 11) is 0. The molecule has 19 heavy (non-hydrogen) atoms. The van der Waals surface area contributed by atoms with E-state index in [1.54, 1.807) is 11.3 Å². The Hall–Kier alpha value is -1.32. The lowest BCUT2D eigenvalue weighted by molar-refractivity contribution is 0.308. The zero-order valence-corrected chi connectivity index (χ0v) is 12.7. The maximum Gasteiger partial charge on any atom is 0.120 e. The lowest BCUT2D eigenvalue weighted by Crippen LogP contribution is -1.94. The molecule has 0 bridgehead atoms. The van der Waals surface area contributed by atoms with Gasteiger partial charge in [0.1, 0.15) is 12.4 Å². The van der Waals surface area contributed by atoms with Gasteiger partial charge in [0.15, 0.2) is 0 Å². The van der Waals surface area contributed by atoms with Crippen molar-refractivity contribution in [3.8, 4) is 5.75 Å². The summed E-state index contributed by atoms with van der Waals surface area (Å²) in [4.78, 5) is 0. The molecular weight excluding hydrogens is 320 g/mol. The molecule has 0 N–H and O–H groups in total. The molecule has 0 aliphatic rings. The van der Waals surface area contributed by atoms with E-state index in [1.807, 2.05) is 12.1 Å². The van der Waals surface area contributed by atoms with Gasteiger partial charge in [-0.3, -0.25) is 0 Å². The van der Waals surface area contributed by atoms with Gasteiger partial charge < -0.3 is 4.74 Å². The van der Waals surface area contributed by atoms with E-state index in [-0.39, 0.29) is 0 Å². The highest BCUT2D eigenvalue weighted by Gasteiger charge is 2.04. The monoisotopic (exact) mass is 332 g/mol. The summed E-state index contributed by atoms with van der Waals surface area (Å²) in [6.07, 6.45) is 0. The van der Waals surface area contributed by atoms with Gasteiger partial charge in [0.05, 0.1) is 0 Å². The number of hydrogen-bond acceptors (Lipinski definition) is 2. The average molecular weight is 333 g/mol. The number of benzene rings is 2. The summed E-state index contributed by atoms with van der Waals surface area (Å²) in [6, 6.07) is 16.6. The van der Waals surface area contributed by atoms with E-state index in [9.17, 15) is 0 Å². The molecule has 1 heterocycles. The first-order valence-electron chi connectivity index (χ1n) is 6.09. The molecule has 3 heteroatoms. The number of fused-ring (bicyclic) bond motifs is 1. The summed E-state index contributed by atoms with van der Waals surface area (Å²) in [5.41, 5.74) is 2.48. The van der Waals surface area contributed by atoms with Crippen LogP contribution in [-0.2, 0) is 11.9 Å². The van der Waals surface area contributed by atoms with Crippen LogP contribution in [0.4, 0.5) is 0 Å². The van der Waals surface area contributed by atoms with Crippen LogP contribution in [0.25, 0.3) is 10.1 Å². The van der Waals surface area contributed by atoms with Crippen LogP contribution in [0.5, 0.6) is 5.75 Å². The molecule has 0 saturated heterocycles. The summed E-state index contributed by atoms with van der Waals surface area (Å²) < 4.78 is 7.20. The van der Waals surface area contributed by atoms with Gasteiger partial charge in [-0.1, -0.05) is 46.3 Å². The minimum Gasteiger partial charge on any atom is -0.489 e. The molecule has 3 rings (SSSR count). The third kappa shape index (κ3) is 2.82. The molecule has 0 atom stereocenters. The maximum absolute atomic E-state index is 5.89. The molecule has 0 aliphatic heterocycles. The second-order valence-electron chi connectivity index (χ2n) is 4.33. The van der Waals surface area contributed by atoms with Gasteiger partial charge in [0.2, 0.25) is 0 Å². The van der Waals surface area contributed by atoms with Gasteiger partial charge in [-0.15, -0.1) is 11.3 Å². The summed E-state index contributed by atoms with van der Waals surface area (Å²) in [5, 5.41) is 4.33. The van der Waals surface area contributed by atoms with Gasteiger partial charge in [0, 0.05) is 15.6 Å². The predicted octanol–water partition coefficient (Wildman–Crippen LogP) is 5.38. The zero-order chi connectivity index (χ0) is 13.1. The normalized spacial score (nSPS) is 10.8. The van der Waals surface area contributed by atoms with Crippen molar-refractivity contribution < 1.29 is 4.74 Å². The van der Waals surface area contributed by atoms with Gasteiger partial charge >= 0.3 is 0 Å². The highest BCUT2D eigenvalue weighted by atomic mass is 79.9. The maximum atomic E-state index is 5.89. The van der Waals surface area contributed by atoms with E-state index in [4.69, 9.17) is 4.74 Å². The van der Waals surface area contributed by atoms with Crippen LogP contribution in [0.3, 0.4) is 0 Å². The SMILES string of the molecule is BrCc1cccc(OCc2csc3ccccc23)c1. The summed E-state index contributed by atoms with van der Waals surface area (Å²) >= 11 is 5.23. The van der Waals surface area contributed by atoms with E-state index in [1.165, 1.54) is 21.2 Å². The van der Waals surface area contributed by atoms with Crippen molar-refractivity contribution in [1.29, 1.82) is 0 Å². The number of hydrogen-bond donors (Lipinski definition) is 0. The minimum atomic E-state index is 0.621. The molecule has 0 amide bonds. The Morgan fingerprint density at radius 2 is 1.95 bits per heavy atom. The standard InChI is InChI=1S/C16H13BrOS/c17-9-12-4-3-5-14(8-12)18-10-13-11-19-16-7-2-1-6-15(13)16/h1-8,11H,9-10H2. The molecule has 96 valence electrons. The van der Waals surface area contributed by atoms with Gasteiger partial charge in [0.25, 0.3) is 0 Å². The van der Waals surface area contributed by atoms with Crippen LogP contribution >= 0.6 is 27.3 Å². The molecule has 2 aromatic carbocycles. The molecule has 0 unspecified atom stereocenters. The van der Waals surface area contributed by atoms with E-state index in [0.717, 1.165) is 11.1 Å². The Labute approximate surface area is 125 Å². The molecule has 1 nitrogen and oxygen atoms in total. The Morgan fingerprint density at radius 1 is 1.05 bits per heavy atom. The molecule has 0 fully saturated rings. The fraction of sp³-hybridized carbons (Fsp3) is 0.125. The van der Waals surface area contributed by atoms with Crippen molar-refractivity contribution in [1.82, 2.24) is 0 Å². The van der Waals surface area contributed by atoms with E-state index < -0.39 is 0 Å². The summed E-state index contributed by atoms with van der Waals surface area (Å²) in [6.45, 7) is 0.621. The quantitative estimate of drug-likeness (QED) is 0.583. The van der Waals surface area contributed by atoms with Crippen molar-refractivity contribution in [3.63, 3.8) is 0 Å². The highest BCUT2D eigenvalue weighted by Crippen LogP contribution is 2.27. The minimum absolute atomic E-state index is 0.621. The second-order valence-corrected chi connectivity index (χ2v) is 5.80. The fourth-order valence-electron chi connectivity index (χ4n) is 2.02. The first-order chi connectivity index (χ1) is 9.36. The molecule has 3 aromatic rings. The zero-order valence-electron chi connectivity index (χ0n) is 10.3. The first kappa shape index (κ1) is 12.7. The van der Waals surface area contributed by atoms with E-state index in [0.29, 0.717) is 6.61 Å². The van der Waals surface area contributed by atoms with E-state index >= 15 is 0 Å². The van der Waals surface area contributed by atoms with Crippen LogP contribution in [0, 0.1) is 0 Å². The Morgan fingerprint density at radius 3 is 2.84 bits per heavy atom.